The predicted octanol–water partition coefficient (Wildman–Crippen LogP) is 4.80. The van der Waals surface area contributed by atoms with Crippen LogP contribution in [0.25, 0.3) is 11.4 Å². The molecule has 0 aliphatic carbocycles. The van der Waals surface area contributed by atoms with Gasteiger partial charge in [0.1, 0.15) is 11.5 Å². The molecule has 6 nitrogen and oxygen atoms in total. The first-order valence-electron chi connectivity index (χ1n) is 9.37. The summed E-state index contributed by atoms with van der Waals surface area (Å²) in [5.41, 5.74) is 1.86. The van der Waals surface area contributed by atoms with E-state index in [-0.39, 0.29) is 12.4 Å². The van der Waals surface area contributed by atoms with E-state index >= 15 is 0 Å². The lowest BCUT2D eigenvalue weighted by Crippen LogP contribution is -2.11. The summed E-state index contributed by atoms with van der Waals surface area (Å²) < 4.78 is 16.0. The fraction of sp³-hybridized carbons (Fsp3) is 0.318. The van der Waals surface area contributed by atoms with Crippen molar-refractivity contribution in [2.45, 2.75) is 39.0 Å². The Labute approximate surface area is 164 Å². The van der Waals surface area contributed by atoms with Crippen molar-refractivity contribution < 1.29 is 18.8 Å². The predicted molar refractivity (Wildman–Crippen MR) is 105 cm³/mol. The number of ether oxygens (including phenoxy) is 2. The highest BCUT2D eigenvalue weighted by molar-refractivity contribution is 5.73. The lowest BCUT2D eigenvalue weighted by molar-refractivity contribution is -0.134. The van der Waals surface area contributed by atoms with Gasteiger partial charge in [-0.15, -0.1) is 0 Å². The topological polar surface area (TPSA) is 74.5 Å². The number of esters is 1. The monoisotopic (exact) mass is 380 g/mol. The first kappa shape index (κ1) is 19.6. The molecule has 1 heterocycles. The van der Waals surface area contributed by atoms with Crippen LogP contribution < -0.4 is 9.47 Å². The van der Waals surface area contributed by atoms with E-state index in [4.69, 9.17) is 14.0 Å². The molecule has 0 saturated carbocycles. The number of hydrogen-bond donors (Lipinski definition) is 0. The minimum atomic E-state index is -0.319. The molecule has 1 aromatic heterocycles. The van der Waals surface area contributed by atoms with Crippen molar-refractivity contribution in [2.75, 3.05) is 7.11 Å². The second-order valence-corrected chi connectivity index (χ2v) is 6.56. The van der Waals surface area contributed by atoms with Crippen molar-refractivity contribution in [3.63, 3.8) is 0 Å². The number of aryl methyl sites for hydroxylation is 1. The van der Waals surface area contributed by atoms with E-state index in [1.807, 2.05) is 48.5 Å². The van der Waals surface area contributed by atoms with E-state index in [9.17, 15) is 4.79 Å². The molecule has 1 atom stereocenters. The maximum atomic E-state index is 12.3. The molecule has 0 fully saturated rings. The third-order valence-electron chi connectivity index (χ3n) is 4.65. The smallest absolute Gasteiger partial charge is 0.311 e. The summed E-state index contributed by atoms with van der Waals surface area (Å²) in [5.74, 6) is 2.26. The molecule has 28 heavy (non-hydrogen) atoms. The standard InChI is InChI=1S/C22H24N2O4/c1-4-15(2)18-7-5-6-8-19(18)27-21(25)14-13-20-23-22(24-28-20)16-9-11-17(26-3)12-10-16/h5-12,15H,4,13-14H2,1-3H3. The Kier molecular flexibility index (Phi) is 6.42. The van der Waals surface area contributed by atoms with E-state index in [1.54, 1.807) is 7.11 Å². The molecule has 0 N–H and O–H groups in total. The number of methoxy groups -OCH3 is 1. The second-order valence-electron chi connectivity index (χ2n) is 6.56. The molecule has 1 unspecified atom stereocenters. The van der Waals surface area contributed by atoms with Gasteiger partial charge in [-0.2, -0.15) is 4.98 Å². The number of carbonyl (C=O) groups excluding carboxylic acids is 1. The van der Waals surface area contributed by atoms with Crippen LogP contribution in [0.5, 0.6) is 11.5 Å². The van der Waals surface area contributed by atoms with Crippen LogP contribution in [0.3, 0.4) is 0 Å². The van der Waals surface area contributed by atoms with Crippen LogP contribution in [0, 0.1) is 0 Å². The van der Waals surface area contributed by atoms with Crippen LogP contribution in [0.1, 0.15) is 44.1 Å². The molecule has 0 amide bonds. The summed E-state index contributed by atoms with van der Waals surface area (Å²) >= 11 is 0. The molecule has 0 aliphatic heterocycles. The van der Waals surface area contributed by atoms with Gasteiger partial charge >= 0.3 is 5.97 Å². The molecule has 146 valence electrons. The van der Waals surface area contributed by atoms with Crippen molar-refractivity contribution >= 4 is 5.97 Å². The average Bonchev–Trinajstić information content (AvgIpc) is 3.21. The largest absolute Gasteiger partial charge is 0.497 e. The van der Waals surface area contributed by atoms with Gasteiger partial charge in [0.25, 0.3) is 0 Å². The molecule has 2 aromatic carbocycles. The highest BCUT2D eigenvalue weighted by atomic mass is 16.5. The maximum Gasteiger partial charge on any atom is 0.311 e. The molecular formula is C22H24N2O4. The van der Waals surface area contributed by atoms with Crippen LogP contribution in [0.2, 0.25) is 0 Å². The normalized spacial score (nSPS) is 11.8. The summed E-state index contributed by atoms with van der Waals surface area (Å²) in [6.45, 7) is 4.23. The van der Waals surface area contributed by atoms with E-state index < -0.39 is 0 Å². The summed E-state index contributed by atoms with van der Waals surface area (Å²) in [6.07, 6.45) is 1.47. The SMILES string of the molecule is CCC(C)c1ccccc1OC(=O)CCc1nc(-c2ccc(OC)cc2)no1. The Hall–Kier alpha value is -3.15. The van der Waals surface area contributed by atoms with Crippen molar-refractivity contribution in [2.24, 2.45) is 0 Å². The summed E-state index contributed by atoms with van der Waals surface area (Å²) in [7, 11) is 1.61. The van der Waals surface area contributed by atoms with Crippen LogP contribution >= 0.6 is 0 Å². The van der Waals surface area contributed by atoms with Gasteiger partial charge in [-0.1, -0.05) is 37.2 Å². The maximum absolute atomic E-state index is 12.3. The molecule has 0 spiro atoms. The fourth-order valence-corrected chi connectivity index (χ4v) is 2.80. The zero-order chi connectivity index (χ0) is 19.9. The van der Waals surface area contributed by atoms with Gasteiger partial charge < -0.3 is 14.0 Å². The molecule has 0 radical (unpaired) electrons. The number of benzene rings is 2. The number of rotatable bonds is 8. The summed E-state index contributed by atoms with van der Waals surface area (Å²) in [6, 6.07) is 15.0. The van der Waals surface area contributed by atoms with Crippen molar-refractivity contribution in [3.05, 3.63) is 60.0 Å². The van der Waals surface area contributed by atoms with E-state index in [0.29, 0.717) is 29.8 Å². The minimum Gasteiger partial charge on any atom is -0.497 e. The Morgan fingerprint density at radius 1 is 1.14 bits per heavy atom. The third kappa shape index (κ3) is 4.76. The first-order valence-corrected chi connectivity index (χ1v) is 9.37. The minimum absolute atomic E-state index is 0.166. The fourth-order valence-electron chi connectivity index (χ4n) is 2.80. The Morgan fingerprint density at radius 3 is 2.61 bits per heavy atom. The molecule has 3 aromatic rings. The molecular weight excluding hydrogens is 356 g/mol. The van der Waals surface area contributed by atoms with Gasteiger partial charge in [-0.3, -0.25) is 4.79 Å². The number of hydrogen-bond acceptors (Lipinski definition) is 6. The quantitative estimate of drug-likeness (QED) is 0.413. The van der Waals surface area contributed by atoms with Gasteiger partial charge in [-0.05, 0) is 48.2 Å². The van der Waals surface area contributed by atoms with Gasteiger partial charge in [0.15, 0.2) is 0 Å². The second kappa shape index (κ2) is 9.17. The van der Waals surface area contributed by atoms with Gasteiger partial charge in [0.05, 0.1) is 13.5 Å². The first-order chi connectivity index (χ1) is 13.6. The zero-order valence-corrected chi connectivity index (χ0v) is 16.3. The van der Waals surface area contributed by atoms with Crippen LogP contribution in [-0.2, 0) is 11.2 Å². The lowest BCUT2D eigenvalue weighted by Gasteiger charge is -2.14. The van der Waals surface area contributed by atoms with E-state index in [0.717, 1.165) is 23.3 Å². The van der Waals surface area contributed by atoms with Crippen LogP contribution in [0.15, 0.2) is 53.1 Å². The Morgan fingerprint density at radius 2 is 1.89 bits per heavy atom. The van der Waals surface area contributed by atoms with E-state index in [1.165, 1.54) is 0 Å². The molecule has 3 rings (SSSR count). The number of carbonyl (C=O) groups is 1. The van der Waals surface area contributed by atoms with E-state index in [2.05, 4.69) is 24.0 Å². The van der Waals surface area contributed by atoms with Crippen molar-refractivity contribution in [1.82, 2.24) is 10.1 Å². The van der Waals surface area contributed by atoms with Gasteiger partial charge in [0, 0.05) is 12.0 Å². The lowest BCUT2D eigenvalue weighted by atomic mass is 9.98. The average molecular weight is 380 g/mol. The number of aromatic nitrogens is 2. The molecule has 6 heteroatoms. The molecule has 0 saturated heterocycles. The van der Waals surface area contributed by atoms with Crippen molar-refractivity contribution in [3.8, 4) is 22.9 Å². The zero-order valence-electron chi connectivity index (χ0n) is 16.3. The summed E-state index contributed by atoms with van der Waals surface area (Å²) in [5, 5.41) is 3.97. The van der Waals surface area contributed by atoms with Crippen LogP contribution in [0.4, 0.5) is 0 Å². The third-order valence-corrected chi connectivity index (χ3v) is 4.65. The van der Waals surface area contributed by atoms with Gasteiger partial charge in [-0.25, -0.2) is 0 Å². The summed E-state index contributed by atoms with van der Waals surface area (Å²) in [4.78, 5) is 16.6. The molecule has 0 aliphatic rings. The van der Waals surface area contributed by atoms with Crippen molar-refractivity contribution in [1.29, 1.82) is 0 Å². The molecule has 0 bridgehead atoms. The highest BCUT2D eigenvalue weighted by Crippen LogP contribution is 2.28. The Balaban J connectivity index is 1.59. The highest BCUT2D eigenvalue weighted by Gasteiger charge is 2.15. The number of para-hydroxylation sites is 1. The number of nitrogens with zero attached hydrogens (tertiary/aromatic N) is 2. The van der Waals surface area contributed by atoms with Crippen LogP contribution in [-0.4, -0.2) is 23.2 Å². The Bertz CT molecular complexity index is 918. The van der Waals surface area contributed by atoms with Gasteiger partial charge in [0.2, 0.25) is 11.7 Å².